The van der Waals surface area contributed by atoms with Crippen LogP contribution < -0.4 is 0 Å². The van der Waals surface area contributed by atoms with E-state index < -0.39 is 0 Å². The molecule has 0 aliphatic carbocycles. The average molecular weight is 410 g/mol. The lowest BCUT2D eigenvalue weighted by atomic mass is 9.95. The second-order valence-corrected chi connectivity index (χ2v) is 8.19. The van der Waals surface area contributed by atoms with Crippen LogP contribution in [0.25, 0.3) is 22.5 Å². The molecule has 3 aromatic heterocycles. The summed E-state index contributed by atoms with van der Waals surface area (Å²) in [6.07, 6.45) is 4.99. The van der Waals surface area contributed by atoms with E-state index in [1.54, 1.807) is 12.5 Å². The molecule has 0 aromatic carbocycles. The van der Waals surface area contributed by atoms with Gasteiger partial charge in [-0.3, -0.25) is 4.79 Å². The molecule has 0 spiro atoms. The zero-order chi connectivity index (χ0) is 20.7. The highest BCUT2D eigenvalue weighted by Gasteiger charge is 2.33. The van der Waals surface area contributed by atoms with Crippen LogP contribution in [0.4, 0.5) is 0 Å². The van der Waals surface area contributed by atoms with Gasteiger partial charge in [0.1, 0.15) is 5.69 Å². The molecular weight excluding hydrogens is 384 g/mol. The first kappa shape index (κ1) is 19.3. The predicted octanol–water partition coefficient (Wildman–Crippen LogP) is 3.50. The topological polar surface area (TPSA) is 82.6 Å². The molecule has 0 bridgehead atoms. The number of amides is 1. The van der Waals surface area contributed by atoms with E-state index in [1.807, 2.05) is 41.6 Å². The van der Waals surface area contributed by atoms with Crippen LogP contribution in [-0.2, 0) is 9.47 Å². The smallest absolute Gasteiger partial charge is 0.254 e. The van der Waals surface area contributed by atoms with E-state index in [2.05, 4.69) is 5.10 Å². The maximum absolute atomic E-state index is 13.5. The SMILES string of the molecule is CC(C)n1ncc2c(C(=O)N3CCC(C4OCCO4)CC3)cc(-c3ccco3)nc21. The highest BCUT2D eigenvalue weighted by molar-refractivity contribution is 6.06. The monoisotopic (exact) mass is 410 g/mol. The van der Waals surface area contributed by atoms with Gasteiger partial charge in [-0.05, 0) is 44.9 Å². The maximum Gasteiger partial charge on any atom is 0.254 e. The molecule has 158 valence electrons. The van der Waals surface area contributed by atoms with Gasteiger partial charge in [0.2, 0.25) is 0 Å². The number of hydrogen-bond donors (Lipinski definition) is 0. The molecule has 2 fully saturated rings. The maximum atomic E-state index is 13.5. The van der Waals surface area contributed by atoms with Gasteiger partial charge in [-0.2, -0.15) is 5.10 Å². The van der Waals surface area contributed by atoms with Crippen LogP contribution in [0, 0.1) is 5.92 Å². The van der Waals surface area contributed by atoms with Crippen molar-refractivity contribution in [2.75, 3.05) is 26.3 Å². The number of nitrogens with zero attached hydrogens (tertiary/aromatic N) is 4. The van der Waals surface area contributed by atoms with E-state index in [0.29, 0.717) is 54.9 Å². The Morgan fingerprint density at radius 1 is 1.20 bits per heavy atom. The fourth-order valence-corrected chi connectivity index (χ4v) is 4.32. The Bertz CT molecular complexity index is 1030. The van der Waals surface area contributed by atoms with Gasteiger partial charge in [0.05, 0.1) is 36.6 Å². The van der Waals surface area contributed by atoms with Crippen molar-refractivity contribution in [1.29, 1.82) is 0 Å². The molecule has 0 saturated carbocycles. The molecule has 0 N–H and O–H groups in total. The van der Waals surface area contributed by atoms with E-state index in [0.717, 1.165) is 18.2 Å². The van der Waals surface area contributed by atoms with Crippen LogP contribution in [-0.4, -0.2) is 58.2 Å². The van der Waals surface area contributed by atoms with Crippen LogP contribution in [0.2, 0.25) is 0 Å². The summed E-state index contributed by atoms with van der Waals surface area (Å²) in [7, 11) is 0. The van der Waals surface area contributed by atoms with Crippen molar-refractivity contribution < 1.29 is 18.7 Å². The van der Waals surface area contributed by atoms with Crippen molar-refractivity contribution in [3.05, 3.63) is 36.2 Å². The molecule has 2 aliphatic heterocycles. The first-order valence-electron chi connectivity index (χ1n) is 10.6. The Kier molecular flexibility index (Phi) is 5.04. The number of ether oxygens (including phenoxy) is 2. The first-order chi connectivity index (χ1) is 14.6. The fourth-order valence-electron chi connectivity index (χ4n) is 4.32. The van der Waals surface area contributed by atoms with Gasteiger partial charge in [0, 0.05) is 25.0 Å². The highest BCUT2D eigenvalue weighted by Crippen LogP contribution is 2.30. The zero-order valence-electron chi connectivity index (χ0n) is 17.3. The van der Waals surface area contributed by atoms with Crippen molar-refractivity contribution in [2.24, 2.45) is 5.92 Å². The number of furan rings is 1. The third kappa shape index (κ3) is 3.40. The molecule has 2 saturated heterocycles. The predicted molar refractivity (Wildman–Crippen MR) is 110 cm³/mol. The largest absolute Gasteiger partial charge is 0.463 e. The molecule has 5 heterocycles. The number of hydrogen-bond acceptors (Lipinski definition) is 6. The summed E-state index contributed by atoms with van der Waals surface area (Å²) in [6, 6.07) is 5.63. The van der Waals surface area contributed by atoms with Gasteiger partial charge in [-0.15, -0.1) is 0 Å². The minimum atomic E-state index is -0.121. The van der Waals surface area contributed by atoms with Crippen molar-refractivity contribution in [1.82, 2.24) is 19.7 Å². The quantitative estimate of drug-likeness (QED) is 0.655. The molecule has 0 atom stereocenters. The van der Waals surface area contributed by atoms with E-state index in [4.69, 9.17) is 18.9 Å². The van der Waals surface area contributed by atoms with E-state index in [1.165, 1.54) is 0 Å². The highest BCUT2D eigenvalue weighted by atomic mass is 16.7. The van der Waals surface area contributed by atoms with E-state index in [9.17, 15) is 4.79 Å². The molecule has 1 amide bonds. The van der Waals surface area contributed by atoms with Gasteiger partial charge in [-0.25, -0.2) is 9.67 Å². The molecule has 30 heavy (non-hydrogen) atoms. The number of carbonyl (C=O) groups excluding carboxylic acids is 1. The lowest BCUT2D eigenvalue weighted by Gasteiger charge is -2.34. The van der Waals surface area contributed by atoms with Gasteiger partial charge in [-0.1, -0.05) is 0 Å². The normalized spacial score (nSPS) is 18.7. The number of fused-ring (bicyclic) bond motifs is 1. The molecule has 2 aliphatic rings. The summed E-state index contributed by atoms with van der Waals surface area (Å²) < 4.78 is 18.7. The second kappa shape index (κ2) is 7.85. The second-order valence-electron chi connectivity index (χ2n) is 8.19. The first-order valence-corrected chi connectivity index (χ1v) is 10.6. The van der Waals surface area contributed by atoms with Crippen molar-refractivity contribution in [3.8, 4) is 11.5 Å². The summed E-state index contributed by atoms with van der Waals surface area (Å²) in [5, 5.41) is 5.26. The summed E-state index contributed by atoms with van der Waals surface area (Å²) in [5.41, 5.74) is 1.95. The van der Waals surface area contributed by atoms with Crippen molar-refractivity contribution in [2.45, 2.75) is 39.0 Å². The molecule has 5 rings (SSSR count). The number of piperidine rings is 1. The molecule has 8 nitrogen and oxygen atoms in total. The van der Waals surface area contributed by atoms with Gasteiger partial charge < -0.3 is 18.8 Å². The van der Waals surface area contributed by atoms with Crippen LogP contribution in [0.3, 0.4) is 0 Å². The summed E-state index contributed by atoms with van der Waals surface area (Å²) in [4.78, 5) is 20.2. The van der Waals surface area contributed by atoms with Crippen molar-refractivity contribution >= 4 is 16.9 Å². The molecule has 3 aromatic rings. The summed E-state index contributed by atoms with van der Waals surface area (Å²) >= 11 is 0. The Balaban J connectivity index is 1.46. The van der Waals surface area contributed by atoms with E-state index in [-0.39, 0.29) is 18.2 Å². The fraction of sp³-hybridized carbons (Fsp3) is 0.500. The number of carbonyl (C=O) groups is 1. The number of aromatic nitrogens is 3. The van der Waals surface area contributed by atoms with Gasteiger partial charge in [0.25, 0.3) is 5.91 Å². The Morgan fingerprint density at radius 2 is 1.97 bits per heavy atom. The minimum Gasteiger partial charge on any atom is -0.463 e. The third-order valence-electron chi connectivity index (χ3n) is 5.92. The van der Waals surface area contributed by atoms with Gasteiger partial charge in [0.15, 0.2) is 17.7 Å². The number of rotatable bonds is 4. The van der Waals surface area contributed by atoms with Crippen LogP contribution in [0.15, 0.2) is 35.1 Å². The molecule has 0 unspecified atom stereocenters. The Morgan fingerprint density at radius 3 is 2.63 bits per heavy atom. The number of likely N-dealkylation sites (tertiary alicyclic amines) is 1. The average Bonchev–Trinajstić information content (AvgIpc) is 3.54. The molecular formula is C22H26N4O4. The molecule has 8 heteroatoms. The van der Waals surface area contributed by atoms with Crippen LogP contribution in [0.5, 0.6) is 0 Å². The van der Waals surface area contributed by atoms with Crippen LogP contribution >= 0.6 is 0 Å². The van der Waals surface area contributed by atoms with Crippen LogP contribution in [0.1, 0.15) is 43.1 Å². The molecule has 0 radical (unpaired) electrons. The lowest BCUT2D eigenvalue weighted by molar-refractivity contribution is -0.0956. The minimum absolute atomic E-state index is 0.00483. The summed E-state index contributed by atoms with van der Waals surface area (Å²) in [6.45, 7) is 6.79. The third-order valence-corrected chi connectivity index (χ3v) is 5.92. The zero-order valence-corrected chi connectivity index (χ0v) is 17.3. The lowest BCUT2D eigenvalue weighted by Crippen LogP contribution is -2.41. The Hall–Kier alpha value is -2.71. The number of pyridine rings is 1. The summed E-state index contributed by atoms with van der Waals surface area (Å²) in [5.74, 6) is 0.985. The Labute approximate surface area is 174 Å². The van der Waals surface area contributed by atoms with E-state index >= 15 is 0 Å². The standard InChI is InChI=1S/C22H26N4O4/c1-14(2)26-20-17(13-23-26)16(12-18(24-20)19-4-3-9-28-19)21(27)25-7-5-15(6-8-25)22-29-10-11-30-22/h3-4,9,12-15,22H,5-8,10-11H2,1-2H3. The van der Waals surface area contributed by atoms with Gasteiger partial charge >= 0.3 is 0 Å². The van der Waals surface area contributed by atoms with Crippen molar-refractivity contribution in [3.63, 3.8) is 0 Å².